The molecule has 0 fully saturated rings. The van der Waals surface area contributed by atoms with E-state index < -0.39 is 0 Å². The highest BCUT2D eigenvalue weighted by atomic mass is 19.1. The summed E-state index contributed by atoms with van der Waals surface area (Å²) in [5, 5.41) is 10.8. The number of rotatable bonds is 7. The van der Waals surface area contributed by atoms with Crippen LogP contribution in [0.5, 0.6) is 0 Å². The smallest absolute Gasteiger partial charge is 0.191 e. The number of aromatic nitrogens is 1. The van der Waals surface area contributed by atoms with Gasteiger partial charge in [0.2, 0.25) is 0 Å². The highest BCUT2D eigenvalue weighted by Crippen LogP contribution is 2.22. The van der Waals surface area contributed by atoms with Crippen molar-refractivity contribution in [2.24, 2.45) is 4.99 Å². The lowest BCUT2D eigenvalue weighted by molar-refractivity contribution is 0.380. The summed E-state index contributed by atoms with van der Waals surface area (Å²) in [5.41, 5.74) is 2.79. The van der Waals surface area contributed by atoms with Gasteiger partial charge in [0, 0.05) is 37.5 Å². The van der Waals surface area contributed by atoms with E-state index in [4.69, 9.17) is 4.52 Å². The molecule has 0 bridgehead atoms. The van der Waals surface area contributed by atoms with Crippen LogP contribution in [0.25, 0.3) is 0 Å². The molecule has 0 aliphatic heterocycles. The Bertz CT molecular complexity index is 731. The summed E-state index contributed by atoms with van der Waals surface area (Å²) < 4.78 is 18.9. The van der Waals surface area contributed by atoms with Gasteiger partial charge in [-0.15, -0.1) is 0 Å². The van der Waals surface area contributed by atoms with Gasteiger partial charge >= 0.3 is 0 Å². The van der Waals surface area contributed by atoms with E-state index in [1.165, 1.54) is 6.07 Å². The maximum Gasteiger partial charge on any atom is 0.191 e. The monoisotopic (exact) mass is 360 g/mol. The molecule has 0 amide bonds. The quantitative estimate of drug-likeness (QED) is 0.585. The third-order valence-corrected chi connectivity index (χ3v) is 4.57. The number of guanidine groups is 1. The van der Waals surface area contributed by atoms with Crippen molar-refractivity contribution >= 4 is 5.96 Å². The van der Waals surface area contributed by atoms with Crippen LogP contribution in [-0.2, 0) is 24.8 Å². The van der Waals surface area contributed by atoms with E-state index in [-0.39, 0.29) is 11.2 Å². The van der Waals surface area contributed by atoms with Crippen molar-refractivity contribution in [3.63, 3.8) is 0 Å². The molecular formula is C20H29FN4O. The molecule has 2 rings (SSSR count). The van der Waals surface area contributed by atoms with Crippen molar-refractivity contribution < 1.29 is 8.91 Å². The largest absolute Gasteiger partial charge is 0.361 e. The van der Waals surface area contributed by atoms with Crippen LogP contribution in [0.2, 0.25) is 0 Å². The van der Waals surface area contributed by atoms with E-state index in [0.717, 1.165) is 35.4 Å². The molecule has 26 heavy (non-hydrogen) atoms. The fourth-order valence-corrected chi connectivity index (χ4v) is 2.85. The van der Waals surface area contributed by atoms with Crippen molar-refractivity contribution in [3.05, 3.63) is 52.7 Å². The van der Waals surface area contributed by atoms with Crippen LogP contribution in [0.1, 0.15) is 50.3 Å². The Kier molecular flexibility index (Phi) is 6.77. The molecular weight excluding hydrogens is 331 g/mol. The first-order chi connectivity index (χ1) is 12.4. The average molecular weight is 360 g/mol. The summed E-state index contributed by atoms with van der Waals surface area (Å²) in [6.45, 7) is 9.50. The molecule has 1 aromatic carbocycles. The van der Waals surface area contributed by atoms with Gasteiger partial charge in [-0.2, -0.15) is 0 Å². The molecule has 0 spiro atoms. The van der Waals surface area contributed by atoms with Crippen molar-refractivity contribution in [2.75, 3.05) is 13.6 Å². The zero-order valence-electron chi connectivity index (χ0n) is 16.3. The molecule has 0 aliphatic rings. The number of benzene rings is 1. The Balaban J connectivity index is 1.99. The lowest BCUT2D eigenvalue weighted by atomic mass is 9.84. The van der Waals surface area contributed by atoms with Crippen LogP contribution in [0.4, 0.5) is 4.39 Å². The number of hydrogen-bond donors (Lipinski definition) is 2. The van der Waals surface area contributed by atoms with Gasteiger partial charge in [0.25, 0.3) is 0 Å². The summed E-state index contributed by atoms with van der Waals surface area (Å²) in [5.74, 6) is 1.38. The summed E-state index contributed by atoms with van der Waals surface area (Å²) in [4.78, 5) is 4.28. The van der Waals surface area contributed by atoms with Crippen molar-refractivity contribution in [2.45, 2.75) is 52.5 Å². The van der Waals surface area contributed by atoms with E-state index in [9.17, 15) is 4.39 Å². The lowest BCUT2D eigenvalue weighted by Gasteiger charge is -2.27. The normalized spacial score (nSPS) is 12.3. The predicted octanol–water partition coefficient (Wildman–Crippen LogP) is 3.58. The van der Waals surface area contributed by atoms with Gasteiger partial charge in [-0.1, -0.05) is 45.0 Å². The molecule has 6 heteroatoms. The van der Waals surface area contributed by atoms with Crippen LogP contribution in [0.15, 0.2) is 33.8 Å². The minimum absolute atomic E-state index is 0.218. The topological polar surface area (TPSA) is 62.5 Å². The molecule has 0 aliphatic carbocycles. The van der Waals surface area contributed by atoms with Gasteiger partial charge in [0.1, 0.15) is 11.6 Å². The first-order valence-electron chi connectivity index (χ1n) is 9.08. The molecule has 0 atom stereocenters. The third kappa shape index (κ3) is 4.84. The van der Waals surface area contributed by atoms with Crippen molar-refractivity contribution in [3.8, 4) is 0 Å². The zero-order chi connectivity index (χ0) is 19.2. The molecule has 142 valence electrons. The predicted molar refractivity (Wildman–Crippen MR) is 103 cm³/mol. The van der Waals surface area contributed by atoms with Crippen LogP contribution in [0.3, 0.4) is 0 Å². The second-order valence-corrected chi connectivity index (χ2v) is 6.91. The average Bonchev–Trinajstić information content (AvgIpc) is 3.04. The van der Waals surface area contributed by atoms with Gasteiger partial charge in [-0.05, 0) is 24.1 Å². The fraction of sp³-hybridized carbons (Fsp3) is 0.500. The number of nitrogens with one attached hydrogen (secondary N) is 2. The first-order valence-corrected chi connectivity index (χ1v) is 9.08. The summed E-state index contributed by atoms with van der Waals surface area (Å²) in [7, 11) is 1.74. The minimum Gasteiger partial charge on any atom is -0.361 e. The van der Waals surface area contributed by atoms with E-state index in [1.807, 2.05) is 6.07 Å². The Morgan fingerprint density at radius 2 is 2.00 bits per heavy atom. The summed E-state index contributed by atoms with van der Waals surface area (Å²) in [6, 6.07) is 6.72. The number of nitrogens with zero attached hydrogens (tertiary/aromatic N) is 2. The Hall–Kier alpha value is -2.37. The highest BCUT2D eigenvalue weighted by Gasteiger charge is 2.21. The minimum atomic E-state index is -0.236. The lowest BCUT2D eigenvalue weighted by Crippen LogP contribution is -2.43. The van der Waals surface area contributed by atoms with Crippen LogP contribution in [0, 0.1) is 5.82 Å². The van der Waals surface area contributed by atoms with Crippen molar-refractivity contribution in [1.29, 1.82) is 0 Å². The molecule has 5 nitrogen and oxygen atoms in total. The Morgan fingerprint density at radius 1 is 1.23 bits per heavy atom. The second-order valence-electron chi connectivity index (χ2n) is 6.91. The first kappa shape index (κ1) is 19.9. The van der Waals surface area contributed by atoms with Gasteiger partial charge in [0.05, 0.1) is 5.69 Å². The summed E-state index contributed by atoms with van der Waals surface area (Å²) in [6.07, 6.45) is 1.64. The number of aryl methyl sites for hydroxylation is 2. The Labute approximate surface area is 155 Å². The Morgan fingerprint density at radius 3 is 2.62 bits per heavy atom. The molecule has 1 heterocycles. The van der Waals surface area contributed by atoms with E-state index in [2.05, 4.69) is 48.5 Å². The highest BCUT2D eigenvalue weighted by molar-refractivity contribution is 5.79. The van der Waals surface area contributed by atoms with E-state index >= 15 is 0 Å². The number of aliphatic imine (C=N–C) groups is 1. The maximum atomic E-state index is 13.5. The molecule has 0 saturated heterocycles. The molecule has 2 N–H and O–H groups in total. The SMILES string of the molecule is CCc1noc(CC)c1CNC(=NC)NCC(C)(C)c1cccc(F)c1. The summed E-state index contributed by atoms with van der Waals surface area (Å²) >= 11 is 0. The van der Waals surface area contributed by atoms with Gasteiger partial charge in [0.15, 0.2) is 5.96 Å². The molecule has 0 unspecified atom stereocenters. The van der Waals surface area contributed by atoms with Gasteiger partial charge < -0.3 is 15.2 Å². The number of halogens is 1. The van der Waals surface area contributed by atoms with Crippen LogP contribution >= 0.6 is 0 Å². The molecule has 0 saturated carbocycles. The standard InChI is InChI=1S/C20H29FN4O/c1-6-17-16(18(7-2)26-25-17)12-23-19(22-5)24-13-20(3,4)14-9-8-10-15(21)11-14/h8-11H,6-7,12-13H2,1-5H3,(H2,22,23,24). The maximum absolute atomic E-state index is 13.5. The van der Waals surface area contributed by atoms with Gasteiger partial charge in [-0.25, -0.2) is 4.39 Å². The van der Waals surface area contributed by atoms with Crippen LogP contribution in [-0.4, -0.2) is 24.7 Å². The molecule has 0 radical (unpaired) electrons. The van der Waals surface area contributed by atoms with E-state index in [0.29, 0.717) is 19.0 Å². The number of hydrogen-bond acceptors (Lipinski definition) is 3. The fourth-order valence-electron chi connectivity index (χ4n) is 2.85. The molecule has 2 aromatic rings. The van der Waals surface area contributed by atoms with Crippen molar-refractivity contribution in [1.82, 2.24) is 15.8 Å². The second kappa shape index (κ2) is 8.83. The van der Waals surface area contributed by atoms with Gasteiger partial charge in [-0.3, -0.25) is 4.99 Å². The third-order valence-electron chi connectivity index (χ3n) is 4.57. The molecule has 1 aromatic heterocycles. The van der Waals surface area contributed by atoms with E-state index in [1.54, 1.807) is 19.2 Å². The van der Waals surface area contributed by atoms with Crippen LogP contribution < -0.4 is 10.6 Å². The zero-order valence-corrected chi connectivity index (χ0v) is 16.3.